The third kappa shape index (κ3) is 3.59. The molecular formula is C17H24N4O. The second-order valence-electron chi connectivity index (χ2n) is 6.16. The summed E-state index contributed by atoms with van der Waals surface area (Å²) in [4.78, 5) is 15.8. The van der Waals surface area contributed by atoms with Crippen molar-refractivity contribution in [3.63, 3.8) is 0 Å². The van der Waals surface area contributed by atoms with Crippen LogP contribution in [0.3, 0.4) is 0 Å². The number of carbonyl (C=O) groups excluding carboxylic acids is 1. The van der Waals surface area contributed by atoms with Gasteiger partial charge in [-0.05, 0) is 55.7 Å². The highest BCUT2D eigenvalue weighted by Crippen LogP contribution is 2.27. The summed E-state index contributed by atoms with van der Waals surface area (Å²) in [6, 6.07) is 6.45. The molecule has 0 saturated carbocycles. The van der Waals surface area contributed by atoms with Gasteiger partial charge in [0, 0.05) is 18.2 Å². The van der Waals surface area contributed by atoms with E-state index in [0.717, 1.165) is 31.4 Å². The summed E-state index contributed by atoms with van der Waals surface area (Å²) in [6.07, 6.45) is 7.29. The molecule has 0 bridgehead atoms. The van der Waals surface area contributed by atoms with Crippen molar-refractivity contribution in [2.24, 2.45) is 10.7 Å². The smallest absolute Gasteiger partial charge is 0.220 e. The zero-order chi connectivity index (χ0) is 15.4. The first-order chi connectivity index (χ1) is 10.7. The van der Waals surface area contributed by atoms with Crippen molar-refractivity contribution in [1.82, 2.24) is 5.32 Å². The van der Waals surface area contributed by atoms with E-state index in [2.05, 4.69) is 33.8 Å². The number of aliphatic imine (C=N–C) groups is 1. The quantitative estimate of drug-likeness (QED) is 0.590. The van der Waals surface area contributed by atoms with Crippen LogP contribution in [0, 0.1) is 0 Å². The Labute approximate surface area is 131 Å². The van der Waals surface area contributed by atoms with Gasteiger partial charge < -0.3 is 16.4 Å². The molecule has 1 unspecified atom stereocenters. The molecule has 5 heteroatoms. The number of anilines is 1. The van der Waals surface area contributed by atoms with Gasteiger partial charge in [-0.1, -0.05) is 12.1 Å². The number of amides is 1. The van der Waals surface area contributed by atoms with Crippen LogP contribution in [0.25, 0.3) is 0 Å². The zero-order valence-corrected chi connectivity index (χ0v) is 12.9. The Balaban J connectivity index is 1.62. The molecule has 1 saturated heterocycles. The van der Waals surface area contributed by atoms with Crippen molar-refractivity contribution in [3.8, 4) is 0 Å². The van der Waals surface area contributed by atoms with Crippen LogP contribution in [0.2, 0.25) is 0 Å². The van der Waals surface area contributed by atoms with E-state index in [-0.39, 0.29) is 11.9 Å². The Kier molecular flexibility index (Phi) is 4.61. The van der Waals surface area contributed by atoms with Gasteiger partial charge >= 0.3 is 0 Å². The van der Waals surface area contributed by atoms with Crippen LogP contribution < -0.4 is 16.4 Å². The number of fused-ring (bicyclic) bond motifs is 1. The lowest BCUT2D eigenvalue weighted by atomic mass is 9.90. The van der Waals surface area contributed by atoms with Gasteiger partial charge in [0.05, 0.1) is 6.54 Å². The van der Waals surface area contributed by atoms with Crippen molar-refractivity contribution in [1.29, 1.82) is 0 Å². The minimum Gasteiger partial charge on any atom is -0.370 e. The summed E-state index contributed by atoms with van der Waals surface area (Å²) in [5, 5.41) is 6.19. The van der Waals surface area contributed by atoms with Gasteiger partial charge in [0.25, 0.3) is 0 Å². The Hall–Kier alpha value is -2.04. The van der Waals surface area contributed by atoms with Crippen LogP contribution in [0.15, 0.2) is 23.2 Å². The fourth-order valence-electron chi connectivity index (χ4n) is 3.30. The molecule has 1 aromatic carbocycles. The minimum absolute atomic E-state index is 0.117. The molecule has 1 aromatic rings. The highest BCUT2D eigenvalue weighted by atomic mass is 16.1. The summed E-state index contributed by atoms with van der Waals surface area (Å²) in [7, 11) is 0. The number of nitrogens with zero attached hydrogens (tertiary/aromatic N) is 1. The van der Waals surface area contributed by atoms with Crippen molar-refractivity contribution in [2.45, 2.75) is 51.0 Å². The van der Waals surface area contributed by atoms with Crippen LogP contribution in [0.1, 0.15) is 43.2 Å². The van der Waals surface area contributed by atoms with Gasteiger partial charge in [-0.15, -0.1) is 0 Å². The fraction of sp³-hybridized carbons (Fsp3) is 0.529. The van der Waals surface area contributed by atoms with Gasteiger partial charge in [-0.25, -0.2) is 0 Å². The van der Waals surface area contributed by atoms with E-state index < -0.39 is 0 Å². The lowest BCUT2D eigenvalue weighted by Crippen LogP contribution is -2.41. The minimum atomic E-state index is 0.117. The molecule has 2 aliphatic rings. The highest BCUT2D eigenvalue weighted by molar-refractivity contribution is 5.93. The van der Waals surface area contributed by atoms with E-state index in [1.807, 2.05) is 0 Å². The Morgan fingerprint density at radius 1 is 1.27 bits per heavy atom. The van der Waals surface area contributed by atoms with Gasteiger partial charge in [0.2, 0.25) is 5.91 Å². The maximum absolute atomic E-state index is 11.4. The molecule has 118 valence electrons. The largest absolute Gasteiger partial charge is 0.370 e. The van der Waals surface area contributed by atoms with Gasteiger partial charge in [0.15, 0.2) is 5.96 Å². The number of hydrogen-bond acceptors (Lipinski definition) is 2. The van der Waals surface area contributed by atoms with Crippen LogP contribution in [-0.4, -0.2) is 24.5 Å². The molecule has 1 heterocycles. The molecule has 1 aliphatic heterocycles. The number of guanidine groups is 1. The SMILES string of the molecule is NC(=NCC1CCCC(=O)N1)Nc1cccc2c1CCCC2. The monoisotopic (exact) mass is 300 g/mol. The van der Waals surface area contributed by atoms with E-state index >= 15 is 0 Å². The zero-order valence-electron chi connectivity index (χ0n) is 12.9. The van der Waals surface area contributed by atoms with Gasteiger partial charge in [-0.3, -0.25) is 9.79 Å². The van der Waals surface area contributed by atoms with Crippen LogP contribution in [0.5, 0.6) is 0 Å². The predicted molar refractivity (Wildman–Crippen MR) is 89.0 cm³/mol. The van der Waals surface area contributed by atoms with Crippen molar-refractivity contribution in [3.05, 3.63) is 29.3 Å². The van der Waals surface area contributed by atoms with Crippen LogP contribution >= 0.6 is 0 Å². The number of piperidine rings is 1. The van der Waals surface area contributed by atoms with E-state index in [4.69, 9.17) is 5.73 Å². The topological polar surface area (TPSA) is 79.5 Å². The molecule has 1 aliphatic carbocycles. The number of rotatable bonds is 3. The predicted octanol–water partition coefficient (Wildman–Crippen LogP) is 1.96. The molecule has 1 fully saturated rings. The molecule has 3 rings (SSSR count). The van der Waals surface area contributed by atoms with E-state index in [0.29, 0.717) is 18.9 Å². The van der Waals surface area contributed by atoms with Crippen LogP contribution in [0.4, 0.5) is 5.69 Å². The molecule has 1 atom stereocenters. The maximum Gasteiger partial charge on any atom is 0.220 e. The number of aryl methyl sites for hydroxylation is 1. The molecule has 0 spiro atoms. The normalized spacial score (nSPS) is 21.9. The highest BCUT2D eigenvalue weighted by Gasteiger charge is 2.17. The van der Waals surface area contributed by atoms with E-state index in [1.54, 1.807) is 0 Å². The second-order valence-corrected chi connectivity index (χ2v) is 6.16. The first kappa shape index (κ1) is 14.9. The van der Waals surface area contributed by atoms with Crippen molar-refractivity contribution >= 4 is 17.6 Å². The van der Waals surface area contributed by atoms with Gasteiger partial charge in [-0.2, -0.15) is 0 Å². The third-order valence-electron chi connectivity index (χ3n) is 4.46. The number of benzene rings is 1. The Morgan fingerprint density at radius 3 is 3.00 bits per heavy atom. The molecular weight excluding hydrogens is 276 g/mol. The first-order valence-corrected chi connectivity index (χ1v) is 8.19. The number of hydrogen-bond donors (Lipinski definition) is 3. The van der Waals surface area contributed by atoms with Crippen molar-refractivity contribution in [2.75, 3.05) is 11.9 Å². The number of nitrogens with one attached hydrogen (secondary N) is 2. The summed E-state index contributed by atoms with van der Waals surface area (Å²) < 4.78 is 0. The number of carbonyl (C=O) groups is 1. The van der Waals surface area contributed by atoms with E-state index in [9.17, 15) is 4.79 Å². The summed E-state index contributed by atoms with van der Waals surface area (Å²) >= 11 is 0. The molecule has 1 amide bonds. The second kappa shape index (κ2) is 6.81. The molecule has 0 aromatic heterocycles. The average molecular weight is 300 g/mol. The first-order valence-electron chi connectivity index (χ1n) is 8.19. The van der Waals surface area contributed by atoms with Gasteiger partial charge in [0.1, 0.15) is 0 Å². The van der Waals surface area contributed by atoms with Crippen molar-refractivity contribution < 1.29 is 4.79 Å². The van der Waals surface area contributed by atoms with Crippen LogP contribution in [-0.2, 0) is 17.6 Å². The molecule has 5 nitrogen and oxygen atoms in total. The summed E-state index contributed by atoms with van der Waals surface area (Å²) in [5.41, 5.74) is 9.89. The van der Waals surface area contributed by atoms with E-state index in [1.165, 1.54) is 24.0 Å². The standard InChI is InChI=1S/C17H24N4O/c18-17(19-11-13-7-4-10-16(22)20-13)21-15-9-3-6-12-5-1-2-8-14(12)15/h3,6,9,13H,1-2,4-5,7-8,10-11H2,(H,20,22)(H3,18,19,21). The average Bonchev–Trinajstić information content (AvgIpc) is 2.53. The lowest BCUT2D eigenvalue weighted by molar-refractivity contribution is -0.123. The third-order valence-corrected chi connectivity index (χ3v) is 4.46. The molecule has 4 N–H and O–H groups in total. The summed E-state index contributed by atoms with van der Waals surface area (Å²) in [6.45, 7) is 0.541. The lowest BCUT2D eigenvalue weighted by Gasteiger charge is -2.22. The number of nitrogens with two attached hydrogens (primary N) is 1. The molecule has 22 heavy (non-hydrogen) atoms. The summed E-state index contributed by atoms with van der Waals surface area (Å²) in [5.74, 6) is 0.550. The Morgan fingerprint density at radius 2 is 2.14 bits per heavy atom. The fourth-order valence-corrected chi connectivity index (χ4v) is 3.30. The maximum atomic E-state index is 11.4. The Bertz CT molecular complexity index is 582. The molecule has 0 radical (unpaired) electrons.